The van der Waals surface area contributed by atoms with E-state index in [1.165, 1.54) is 0 Å². The molecule has 0 aromatic carbocycles. The van der Waals surface area contributed by atoms with Crippen LogP contribution in [0.2, 0.25) is 0 Å². The van der Waals surface area contributed by atoms with Crippen molar-refractivity contribution in [3.63, 3.8) is 0 Å². The highest BCUT2D eigenvalue weighted by atomic mass is 16.5. The van der Waals surface area contributed by atoms with Crippen LogP contribution in [0.15, 0.2) is 11.1 Å². The summed E-state index contributed by atoms with van der Waals surface area (Å²) in [5.41, 5.74) is 0.0825. The van der Waals surface area contributed by atoms with Crippen molar-refractivity contribution >= 4 is 11.9 Å². The second-order valence-corrected chi connectivity index (χ2v) is 5.70. The summed E-state index contributed by atoms with van der Waals surface area (Å²) in [6, 6.07) is 0. The van der Waals surface area contributed by atoms with Crippen molar-refractivity contribution in [3.8, 4) is 0 Å². The Hall–Kier alpha value is -1.40. The lowest BCUT2D eigenvalue weighted by Crippen LogP contribution is -2.37. The van der Waals surface area contributed by atoms with E-state index in [4.69, 9.17) is 4.74 Å². The molecular formula is C15H25NO5. The molecule has 0 radical (unpaired) electrons. The fourth-order valence-electron chi connectivity index (χ4n) is 2.30. The van der Waals surface area contributed by atoms with Gasteiger partial charge in [-0.05, 0) is 25.2 Å². The number of hydrogen-bond donors (Lipinski definition) is 2. The number of carbonyl (C=O) groups is 2. The average molecular weight is 299 g/mol. The van der Waals surface area contributed by atoms with Crippen LogP contribution in [0.5, 0.6) is 0 Å². The van der Waals surface area contributed by atoms with Crippen LogP contribution < -0.4 is 0 Å². The quantitative estimate of drug-likeness (QED) is 0.662. The zero-order chi connectivity index (χ0) is 15.8. The van der Waals surface area contributed by atoms with E-state index in [1.807, 2.05) is 13.8 Å². The van der Waals surface area contributed by atoms with E-state index >= 15 is 0 Å². The Kier molecular flexibility index (Phi) is 7.39. The van der Waals surface area contributed by atoms with E-state index in [0.717, 1.165) is 13.1 Å². The third-order valence-electron chi connectivity index (χ3n) is 3.63. The van der Waals surface area contributed by atoms with Gasteiger partial charge in [-0.3, -0.25) is 4.90 Å². The van der Waals surface area contributed by atoms with Crippen LogP contribution in [-0.4, -0.2) is 59.9 Å². The highest BCUT2D eigenvalue weighted by Gasteiger charge is 2.21. The molecule has 21 heavy (non-hydrogen) atoms. The van der Waals surface area contributed by atoms with Crippen LogP contribution in [0.1, 0.15) is 33.1 Å². The minimum Gasteiger partial charge on any atom is -0.478 e. The van der Waals surface area contributed by atoms with Crippen molar-refractivity contribution < 1.29 is 24.5 Å². The van der Waals surface area contributed by atoms with Gasteiger partial charge in [0.25, 0.3) is 0 Å². The monoisotopic (exact) mass is 299 g/mol. The van der Waals surface area contributed by atoms with Gasteiger partial charge in [-0.1, -0.05) is 13.8 Å². The summed E-state index contributed by atoms with van der Waals surface area (Å²) in [6.45, 7) is 7.36. The van der Waals surface area contributed by atoms with E-state index in [0.29, 0.717) is 38.5 Å². The van der Waals surface area contributed by atoms with E-state index in [2.05, 4.69) is 4.90 Å². The number of carboxylic acids is 2. The van der Waals surface area contributed by atoms with Gasteiger partial charge < -0.3 is 14.9 Å². The summed E-state index contributed by atoms with van der Waals surface area (Å²) in [6.07, 6.45) is 1.24. The van der Waals surface area contributed by atoms with E-state index in [-0.39, 0.29) is 17.6 Å². The molecule has 0 spiro atoms. The first-order chi connectivity index (χ1) is 9.91. The highest BCUT2D eigenvalue weighted by Crippen LogP contribution is 2.19. The van der Waals surface area contributed by atoms with Crippen molar-refractivity contribution in [2.45, 2.75) is 33.1 Å². The number of morpholine rings is 1. The summed E-state index contributed by atoms with van der Waals surface area (Å²) in [4.78, 5) is 24.9. The summed E-state index contributed by atoms with van der Waals surface area (Å²) in [5, 5.41) is 18.6. The summed E-state index contributed by atoms with van der Waals surface area (Å²) in [7, 11) is 0. The maximum Gasteiger partial charge on any atom is 0.332 e. The van der Waals surface area contributed by atoms with Gasteiger partial charge in [-0.15, -0.1) is 0 Å². The molecule has 1 rings (SSSR count). The molecule has 1 fully saturated rings. The predicted octanol–water partition coefficient (Wildman–Crippen LogP) is 1.61. The minimum atomic E-state index is -1.12. The Morgan fingerprint density at radius 2 is 1.57 bits per heavy atom. The van der Waals surface area contributed by atoms with Gasteiger partial charge in [-0.25, -0.2) is 9.59 Å². The lowest BCUT2D eigenvalue weighted by Gasteiger charge is -2.26. The zero-order valence-electron chi connectivity index (χ0n) is 12.8. The number of ether oxygens (including phenoxy) is 1. The molecule has 1 saturated heterocycles. The van der Waals surface area contributed by atoms with Crippen molar-refractivity contribution in [3.05, 3.63) is 11.1 Å². The second-order valence-electron chi connectivity index (χ2n) is 5.70. The SMILES string of the molecule is CC(C)CC/C(C(=O)O)=C(/CCN1CCOCC1)C(=O)O. The molecular weight excluding hydrogens is 274 g/mol. The first-order valence-corrected chi connectivity index (χ1v) is 7.40. The third kappa shape index (κ3) is 6.27. The minimum absolute atomic E-state index is 0.0367. The Balaban J connectivity index is 2.75. The van der Waals surface area contributed by atoms with E-state index in [1.54, 1.807) is 0 Å². The van der Waals surface area contributed by atoms with E-state index < -0.39 is 11.9 Å². The van der Waals surface area contributed by atoms with Crippen LogP contribution in [-0.2, 0) is 14.3 Å². The zero-order valence-corrected chi connectivity index (χ0v) is 12.8. The first-order valence-electron chi connectivity index (χ1n) is 7.40. The van der Waals surface area contributed by atoms with Gasteiger partial charge in [0.1, 0.15) is 0 Å². The van der Waals surface area contributed by atoms with Crippen molar-refractivity contribution in [1.29, 1.82) is 0 Å². The largest absolute Gasteiger partial charge is 0.478 e. The molecule has 0 aliphatic carbocycles. The standard InChI is InChI=1S/C15H25NO5/c1-11(2)3-4-12(14(17)18)13(15(19)20)5-6-16-7-9-21-10-8-16/h11H,3-10H2,1-2H3,(H,17,18)(H,19,20)/b13-12+. The molecule has 1 aliphatic rings. The molecule has 0 aromatic heterocycles. The van der Waals surface area contributed by atoms with Crippen molar-refractivity contribution in [2.75, 3.05) is 32.8 Å². The number of nitrogens with zero attached hydrogens (tertiary/aromatic N) is 1. The average Bonchev–Trinajstić information content (AvgIpc) is 2.42. The lowest BCUT2D eigenvalue weighted by molar-refractivity contribution is -0.136. The lowest BCUT2D eigenvalue weighted by atomic mass is 9.96. The molecule has 0 atom stereocenters. The number of aliphatic carboxylic acids is 2. The van der Waals surface area contributed by atoms with Crippen molar-refractivity contribution in [1.82, 2.24) is 4.90 Å². The van der Waals surface area contributed by atoms with Gasteiger partial charge in [-0.2, -0.15) is 0 Å². The second kappa shape index (κ2) is 8.79. The Labute approximate surface area is 125 Å². The molecule has 0 aromatic rings. The molecule has 6 heteroatoms. The van der Waals surface area contributed by atoms with Gasteiger partial charge >= 0.3 is 11.9 Å². The normalized spacial score (nSPS) is 17.7. The van der Waals surface area contributed by atoms with Crippen LogP contribution in [0.4, 0.5) is 0 Å². The third-order valence-corrected chi connectivity index (χ3v) is 3.63. The molecule has 0 amide bonds. The Morgan fingerprint density at radius 3 is 2.05 bits per heavy atom. The molecule has 0 unspecified atom stereocenters. The highest BCUT2D eigenvalue weighted by molar-refractivity contribution is 5.98. The topological polar surface area (TPSA) is 87.1 Å². The van der Waals surface area contributed by atoms with Crippen LogP contribution >= 0.6 is 0 Å². The van der Waals surface area contributed by atoms with E-state index in [9.17, 15) is 19.8 Å². The molecule has 1 aliphatic heterocycles. The number of rotatable bonds is 8. The maximum absolute atomic E-state index is 11.4. The molecule has 1 heterocycles. The molecule has 0 saturated carbocycles. The molecule has 6 nitrogen and oxygen atoms in total. The first kappa shape index (κ1) is 17.7. The fraction of sp³-hybridized carbons (Fsp3) is 0.733. The molecule has 120 valence electrons. The van der Waals surface area contributed by atoms with Crippen LogP contribution in [0.25, 0.3) is 0 Å². The molecule has 2 N–H and O–H groups in total. The van der Waals surface area contributed by atoms with Crippen molar-refractivity contribution in [2.24, 2.45) is 5.92 Å². The van der Waals surface area contributed by atoms with Gasteiger partial charge in [0.05, 0.1) is 13.2 Å². The van der Waals surface area contributed by atoms with Gasteiger partial charge in [0, 0.05) is 30.8 Å². The van der Waals surface area contributed by atoms with Crippen LogP contribution in [0, 0.1) is 5.92 Å². The summed E-state index contributed by atoms with van der Waals surface area (Å²) < 4.78 is 5.24. The smallest absolute Gasteiger partial charge is 0.332 e. The Morgan fingerprint density at radius 1 is 1.05 bits per heavy atom. The maximum atomic E-state index is 11.4. The number of hydrogen-bond acceptors (Lipinski definition) is 4. The summed E-state index contributed by atoms with van der Waals surface area (Å²) >= 11 is 0. The Bertz CT molecular complexity index is 397. The number of carboxylic acid groups (broad SMARTS) is 2. The fourth-order valence-corrected chi connectivity index (χ4v) is 2.30. The van der Waals surface area contributed by atoms with Gasteiger partial charge in [0.15, 0.2) is 0 Å². The van der Waals surface area contributed by atoms with Crippen LogP contribution in [0.3, 0.4) is 0 Å². The molecule has 0 bridgehead atoms. The summed E-state index contributed by atoms with van der Waals surface area (Å²) in [5.74, 6) is -1.90. The van der Waals surface area contributed by atoms with Gasteiger partial charge in [0.2, 0.25) is 0 Å². The predicted molar refractivity (Wildman–Crippen MR) is 78.2 cm³/mol.